The Bertz CT molecular complexity index is 387. The lowest BCUT2D eigenvalue weighted by Crippen LogP contribution is -2.34. The number of ether oxygens (including phenoxy) is 1. The van der Waals surface area contributed by atoms with Crippen molar-refractivity contribution in [2.75, 3.05) is 6.61 Å². The molecule has 92 valence electrons. The average molecular weight is 236 g/mol. The summed E-state index contributed by atoms with van der Waals surface area (Å²) in [5.41, 5.74) is 0. The fourth-order valence-corrected chi connectivity index (χ4v) is 1.44. The molecule has 1 rings (SSSR count). The van der Waals surface area contributed by atoms with Gasteiger partial charge in [-0.1, -0.05) is 6.07 Å². The van der Waals surface area contributed by atoms with Crippen molar-refractivity contribution in [3.8, 4) is 11.8 Å². The van der Waals surface area contributed by atoms with E-state index >= 15 is 0 Å². The maximum absolute atomic E-state index is 12.8. The molecule has 1 atom stereocenters. The zero-order valence-electron chi connectivity index (χ0n) is 10.1. The number of nitrogens with zero attached hydrogens (tertiary/aromatic N) is 1. The molecule has 0 bridgehead atoms. The molecule has 1 unspecified atom stereocenters. The van der Waals surface area contributed by atoms with E-state index in [9.17, 15) is 4.39 Å². The first-order chi connectivity index (χ1) is 8.11. The van der Waals surface area contributed by atoms with Crippen LogP contribution >= 0.6 is 0 Å². The Morgan fingerprint density at radius 3 is 2.82 bits per heavy atom. The van der Waals surface area contributed by atoms with E-state index < -0.39 is 0 Å². The summed E-state index contributed by atoms with van der Waals surface area (Å²) in [5, 5.41) is 12.0. The van der Waals surface area contributed by atoms with Gasteiger partial charge in [0.2, 0.25) is 0 Å². The van der Waals surface area contributed by atoms with Crippen LogP contribution in [-0.4, -0.2) is 18.7 Å². The third kappa shape index (κ3) is 5.32. The smallest absolute Gasteiger partial charge is 0.126 e. The van der Waals surface area contributed by atoms with E-state index in [1.54, 1.807) is 12.1 Å². The Kier molecular flexibility index (Phi) is 5.44. The zero-order valence-corrected chi connectivity index (χ0v) is 10.1. The van der Waals surface area contributed by atoms with Crippen molar-refractivity contribution >= 4 is 0 Å². The normalized spacial score (nSPS) is 12.2. The van der Waals surface area contributed by atoms with Crippen LogP contribution in [-0.2, 0) is 0 Å². The van der Waals surface area contributed by atoms with Gasteiger partial charge in [0.15, 0.2) is 0 Å². The van der Waals surface area contributed by atoms with Crippen LogP contribution in [0.2, 0.25) is 0 Å². The van der Waals surface area contributed by atoms with Crippen molar-refractivity contribution in [2.24, 2.45) is 0 Å². The number of halogens is 1. The van der Waals surface area contributed by atoms with Crippen LogP contribution in [0.15, 0.2) is 24.3 Å². The van der Waals surface area contributed by atoms with Gasteiger partial charge in [-0.3, -0.25) is 5.32 Å². The Labute approximate surface area is 101 Å². The van der Waals surface area contributed by atoms with Crippen LogP contribution in [0.4, 0.5) is 4.39 Å². The lowest BCUT2D eigenvalue weighted by Gasteiger charge is -2.14. The summed E-state index contributed by atoms with van der Waals surface area (Å²) < 4.78 is 18.2. The maximum atomic E-state index is 12.8. The molecule has 0 saturated heterocycles. The van der Waals surface area contributed by atoms with Crippen molar-refractivity contribution in [1.82, 2.24) is 5.32 Å². The maximum Gasteiger partial charge on any atom is 0.126 e. The summed E-state index contributed by atoms with van der Waals surface area (Å²) >= 11 is 0. The first-order valence-corrected chi connectivity index (χ1v) is 5.66. The van der Waals surface area contributed by atoms with E-state index in [1.165, 1.54) is 12.1 Å². The predicted molar refractivity (Wildman–Crippen MR) is 64.2 cm³/mol. The van der Waals surface area contributed by atoms with Crippen LogP contribution in [0, 0.1) is 17.1 Å². The Hall–Kier alpha value is -1.60. The van der Waals surface area contributed by atoms with Crippen LogP contribution < -0.4 is 10.1 Å². The molecule has 0 amide bonds. The van der Waals surface area contributed by atoms with E-state index in [2.05, 4.69) is 11.4 Å². The fraction of sp³-hybridized carbons (Fsp3) is 0.462. The quantitative estimate of drug-likeness (QED) is 0.825. The third-order valence-corrected chi connectivity index (χ3v) is 2.16. The van der Waals surface area contributed by atoms with Gasteiger partial charge in [-0.05, 0) is 26.0 Å². The second-order valence-corrected chi connectivity index (χ2v) is 4.10. The van der Waals surface area contributed by atoms with E-state index in [0.29, 0.717) is 18.8 Å². The predicted octanol–water partition coefficient (Wildman–Crippen LogP) is 2.48. The molecule has 0 fully saturated rings. The Balaban J connectivity index is 2.34. The van der Waals surface area contributed by atoms with Gasteiger partial charge < -0.3 is 4.74 Å². The molecule has 0 radical (unpaired) electrons. The molecule has 1 N–H and O–H groups in total. The molecule has 0 heterocycles. The number of nitrogens with one attached hydrogen (secondary N) is 1. The fourth-order valence-electron chi connectivity index (χ4n) is 1.44. The second kappa shape index (κ2) is 6.87. The van der Waals surface area contributed by atoms with Crippen molar-refractivity contribution in [1.29, 1.82) is 5.26 Å². The van der Waals surface area contributed by atoms with E-state index in [-0.39, 0.29) is 17.9 Å². The molecule has 17 heavy (non-hydrogen) atoms. The molecule has 0 spiro atoms. The van der Waals surface area contributed by atoms with E-state index in [0.717, 1.165) is 0 Å². The highest BCUT2D eigenvalue weighted by Gasteiger charge is 2.08. The minimum absolute atomic E-state index is 0.233. The van der Waals surface area contributed by atoms with Gasteiger partial charge in [0.25, 0.3) is 0 Å². The SMILES string of the molecule is CC(C)NC(C#N)CCOc1cccc(F)c1. The third-order valence-electron chi connectivity index (χ3n) is 2.16. The van der Waals surface area contributed by atoms with Crippen LogP contribution in [0.5, 0.6) is 5.75 Å². The summed E-state index contributed by atoms with van der Waals surface area (Å²) in [5.74, 6) is 0.172. The molecule has 1 aromatic rings. The zero-order chi connectivity index (χ0) is 12.7. The summed E-state index contributed by atoms with van der Waals surface area (Å²) in [6.07, 6.45) is 0.575. The first-order valence-electron chi connectivity index (χ1n) is 5.66. The van der Waals surface area contributed by atoms with Gasteiger partial charge in [-0.2, -0.15) is 5.26 Å². The van der Waals surface area contributed by atoms with Gasteiger partial charge in [0.1, 0.15) is 11.6 Å². The molecule has 0 aliphatic rings. The number of benzene rings is 1. The van der Waals surface area contributed by atoms with Gasteiger partial charge >= 0.3 is 0 Å². The largest absolute Gasteiger partial charge is 0.493 e. The molecule has 4 heteroatoms. The Morgan fingerprint density at radius 2 is 2.24 bits per heavy atom. The second-order valence-electron chi connectivity index (χ2n) is 4.10. The van der Waals surface area contributed by atoms with E-state index in [1.807, 2.05) is 13.8 Å². The van der Waals surface area contributed by atoms with E-state index in [4.69, 9.17) is 10.00 Å². The van der Waals surface area contributed by atoms with Gasteiger partial charge in [-0.15, -0.1) is 0 Å². The molecule has 3 nitrogen and oxygen atoms in total. The van der Waals surface area contributed by atoms with Gasteiger partial charge in [0, 0.05) is 18.5 Å². The minimum atomic E-state index is -0.320. The van der Waals surface area contributed by atoms with Crippen molar-refractivity contribution in [2.45, 2.75) is 32.4 Å². The Morgan fingerprint density at radius 1 is 1.47 bits per heavy atom. The molecule has 0 aliphatic carbocycles. The molecule has 0 saturated carbocycles. The summed E-state index contributed by atoms with van der Waals surface area (Å²) in [6, 6.07) is 8.18. The molecule has 1 aromatic carbocycles. The van der Waals surface area contributed by atoms with Crippen LogP contribution in [0.25, 0.3) is 0 Å². The molecule has 0 aliphatic heterocycles. The lowest BCUT2D eigenvalue weighted by atomic mass is 10.2. The number of hydrogen-bond donors (Lipinski definition) is 1. The average Bonchev–Trinajstić information content (AvgIpc) is 2.27. The standard InChI is InChI=1S/C13H17FN2O/c1-10(2)16-12(9-15)6-7-17-13-5-3-4-11(14)8-13/h3-5,8,10,12,16H,6-7H2,1-2H3. The molecular formula is C13H17FN2O. The first kappa shape index (κ1) is 13.5. The van der Waals surface area contributed by atoms with Gasteiger partial charge in [-0.25, -0.2) is 4.39 Å². The molecule has 0 aromatic heterocycles. The lowest BCUT2D eigenvalue weighted by molar-refractivity contribution is 0.293. The van der Waals surface area contributed by atoms with Crippen LogP contribution in [0.3, 0.4) is 0 Å². The highest BCUT2D eigenvalue weighted by Crippen LogP contribution is 2.12. The summed E-state index contributed by atoms with van der Waals surface area (Å²) in [4.78, 5) is 0. The number of rotatable bonds is 6. The summed E-state index contributed by atoms with van der Waals surface area (Å²) in [6.45, 7) is 4.36. The molecular weight excluding hydrogens is 219 g/mol. The van der Waals surface area contributed by atoms with Gasteiger partial charge in [0.05, 0.1) is 18.7 Å². The topological polar surface area (TPSA) is 45.0 Å². The van der Waals surface area contributed by atoms with Crippen molar-refractivity contribution < 1.29 is 9.13 Å². The summed E-state index contributed by atoms with van der Waals surface area (Å²) in [7, 11) is 0. The highest BCUT2D eigenvalue weighted by atomic mass is 19.1. The van der Waals surface area contributed by atoms with Crippen molar-refractivity contribution in [3.05, 3.63) is 30.1 Å². The monoisotopic (exact) mass is 236 g/mol. The van der Waals surface area contributed by atoms with Crippen LogP contribution in [0.1, 0.15) is 20.3 Å². The number of hydrogen-bond acceptors (Lipinski definition) is 3. The minimum Gasteiger partial charge on any atom is -0.493 e. The highest BCUT2D eigenvalue weighted by molar-refractivity contribution is 5.22. The van der Waals surface area contributed by atoms with Crippen molar-refractivity contribution in [3.63, 3.8) is 0 Å². The number of nitriles is 1.